The topological polar surface area (TPSA) is 164 Å². The molecule has 0 aromatic heterocycles. The molecular weight excluding hydrogens is 472 g/mol. The molecule has 0 saturated carbocycles. The van der Waals surface area contributed by atoms with Crippen molar-refractivity contribution in [3.05, 3.63) is 54.1 Å². The van der Waals surface area contributed by atoms with E-state index in [-0.39, 0.29) is 28.1 Å². The second-order valence-electron chi connectivity index (χ2n) is 6.66. The molecule has 0 radical (unpaired) electrons. The normalized spacial score (nSPS) is 17.2. The van der Waals surface area contributed by atoms with Gasteiger partial charge in [0.05, 0.1) is 12.6 Å². The fourth-order valence-corrected chi connectivity index (χ4v) is 4.46. The summed E-state index contributed by atoms with van der Waals surface area (Å²) in [4.78, 5) is 33.4. The molecule has 1 aliphatic rings. The molecule has 11 nitrogen and oxygen atoms in total. The third-order valence-electron chi connectivity index (χ3n) is 4.02. The number of carboxylic acid groups (broad SMARTS) is 1. The van der Waals surface area contributed by atoms with Crippen LogP contribution >= 0.6 is 11.8 Å². The number of carboxylic acids is 1. The summed E-state index contributed by atoms with van der Waals surface area (Å²) < 4.78 is 30.2. The third-order valence-corrected chi connectivity index (χ3v) is 6.35. The molecule has 33 heavy (non-hydrogen) atoms. The zero-order valence-corrected chi connectivity index (χ0v) is 18.7. The molecule has 1 aliphatic heterocycles. The van der Waals surface area contributed by atoms with Crippen LogP contribution in [0.2, 0.25) is 0 Å². The average Bonchev–Trinajstić information content (AvgIpc) is 3.06. The quantitative estimate of drug-likeness (QED) is 0.286. The van der Waals surface area contributed by atoms with E-state index in [2.05, 4.69) is 20.8 Å². The van der Waals surface area contributed by atoms with E-state index in [4.69, 9.17) is 9.29 Å². The summed E-state index contributed by atoms with van der Waals surface area (Å²) in [5.74, 6) is -1.79. The molecule has 1 saturated heterocycles. The van der Waals surface area contributed by atoms with Gasteiger partial charge in [-0.15, -0.1) is 5.10 Å². The smallest absolute Gasteiger partial charge is 0.339 e. The second kappa shape index (κ2) is 10.3. The Bertz CT molecular complexity index is 1240. The molecule has 2 aromatic carbocycles. The minimum Gasteiger partial charge on any atom is -0.481 e. The highest BCUT2D eigenvalue weighted by Gasteiger charge is 2.32. The minimum absolute atomic E-state index is 0.0441. The number of amidine groups is 1. The molecule has 1 fully saturated rings. The van der Waals surface area contributed by atoms with Crippen molar-refractivity contribution in [2.45, 2.75) is 23.5 Å². The Morgan fingerprint density at radius 1 is 1.24 bits per heavy atom. The van der Waals surface area contributed by atoms with Crippen molar-refractivity contribution in [1.82, 2.24) is 5.32 Å². The van der Waals surface area contributed by atoms with Crippen LogP contribution in [0.1, 0.15) is 18.9 Å². The van der Waals surface area contributed by atoms with Crippen molar-refractivity contribution in [3.63, 3.8) is 0 Å². The van der Waals surface area contributed by atoms with Crippen LogP contribution in [0, 0.1) is 0 Å². The van der Waals surface area contributed by atoms with Crippen molar-refractivity contribution < 1.29 is 32.1 Å². The number of anilines is 1. The number of aliphatic carboxylic acids is 1. The van der Waals surface area contributed by atoms with E-state index in [0.717, 1.165) is 11.8 Å². The van der Waals surface area contributed by atoms with Crippen LogP contribution in [0.3, 0.4) is 0 Å². The van der Waals surface area contributed by atoms with Gasteiger partial charge in [0.2, 0.25) is 11.8 Å². The molecule has 3 N–H and O–H groups in total. The number of hydrogen-bond acceptors (Lipinski definition) is 9. The monoisotopic (exact) mass is 490 g/mol. The molecular formula is C20H18N4O7S2. The van der Waals surface area contributed by atoms with E-state index >= 15 is 0 Å². The number of carbonyl (C=O) groups is 3. The summed E-state index contributed by atoms with van der Waals surface area (Å²) >= 11 is 0.963. The molecule has 1 atom stereocenters. The second-order valence-corrected chi connectivity index (χ2v) is 9.40. The Morgan fingerprint density at radius 2 is 1.97 bits per heavy atom. The molecule has 13 heteroatoms. The molecule has 3 rings (SSSR count). The summed E-state index contributed by atoms with van der Waals surface area (Å²) in [7, 11) is -4.11. The Labute approximate surface area is 193 Å². The summed E-state index contributed by atoms with van der Waals surface area (Å²) in [5, 5.41) is 20.9. The van der Waals surface area contributed by atoms with Gasteiger partial charge < -0.3 is 19.9 Å². The number of nitrogens with one attached hydrogen (secondary N) is 2. The Morgan fingerprint density at radius 3 is 2.64 bits per heavy atom. The molecule has 1 heterocycles. The molecule has 0 spiro atoms. The van der Waals surface area contributed by atoms with Gasteiger partial charge >= 0.3 is 16.1 Å². The molecule has 0 bridgehead atoms. The van der Waals surface area contributed by atoms with Gasteiger partial charge in [0.1, 0.15) is 15.9 Å². The summed E-state index contributed by atoms with van der Waals surface area (Å²) in [6, 6.07) is 11.6. The highest BCUT2D eigenvalue weighted by Crippen LogP contribution is 2.23. The molecule has 2 amide bonds. The van der Waals surface area contributed by atoms with Gasteiger partial charge in [-0.05, 0) is 42.0 Å². The number of benzene rings is 2. The van der Waals surface area contributed by atoms with Crippen LogP contribution in [-0.2, 0) is 24.5 Å². The number of carbonyl (C=O) groups excluding carboxylic acids is 2. The number of rotatable bonds is 8. The zero-order chi connectivity index (χ0) is 24.0. The fraction of sp³-hybridized carbons (Fsp3) is 0.150. The lowest BCUT2D eigenvalue weighted by Crippen LogP contribution is -2.26. The molecule has 2 aromatic rings. The van der Waals surface area contributed by atoms with Gasteiger partial charge in [-0.2, -0.15) is 13.5 Å². The highest BCUT2D eigenvalue weighted by atomic mass is 32.2. The van der Waals surface area contributed by atoms with E-state index in [9.17, 15) is 22.8 Å². The van der Waals surface area contributed by atoms with Gasteiger partial charge in [0.15, 0.2) is 5.17 Å². The van der Waals surface area contributed by atoms with Crippen LogP contribution in [0.5, 0.6) is 5.75 Å². The SMILES string of the molecule is CC(=O)Nc1ccc(S(=O)(=O)Oc2cccc(/C=N\N=C3\NC(=O)[C@@H](CC(=O)O)S3)c2)cc1. The lowest BCUT2D eigenvalue weighted by Gasteiger charge is -2.08. The lowest BCUT2D eigenvalue weighted by atomic mass is 10.2. The maximum atomic E-state index is 12.5. The largest absolute Gasteiger partial charge is 0.481 e. The highest BCUT2D eigenvalue weighted by molar-refractivity contribution is 8.15. The van der Waals surface area contributed by atoms with E-state index in [1.807, 2.05) is 0 Å². The Balaban J connectivity index is 1.66. The predicted molar refractivity (Wildman–Crippen MR) is 122 cm³/mol. The van der Waals surface area contributed by atoms with E-state index in [1.165, 1.54) is 49.5 Å². The number of thioether (sulfide) groups is 1. The standard InChI is InChI=1S/C20H18N4O7S2/c1-12(25)22-14-5-7-16(8-6-14)33(29,30)31-15-4-2-3-13(9-15)11-21-24-20-23-19(28)17(32-20)10-18(26)27/h2-9,11,17H,10H2,1H3,(H,22,25)(H,26,27)(H,23,24,28)/b21-11-/t17-/m1/s1. The van der Waals surface area contributed by atoms with Crippen LogP contribution in [-0.4, -0.2) is 47.9 Å². The minimum atomic E-state index is -4.11. The number of hydrogen-bond donors (Lipinski definition) is 3. The first-order chi connectivity index (χ1) is 15.6. The van der Waals surface area contributed by atoms with Gasteiger partial charge in [-0.25, -0.2) is 0 Å². The predicted octanol–water partition coefficient (Wildman–Crippen LogP) is 1.81. The Kier molecular flexibility index (Phi) is 7.45. The first kappa shape index (κ1) is 23.9. The van der Waals surface area contributed by atoms with E-state index < -0.39 is 27.2 Å². The first-order valence-electron chi connectivity index (χ1n) is 9.35. The fourth-order valence-electron chi connectivity index (χ4n) is 2.62. The third kappa shape index (κ3) is 6.89. The molecule has 172 valence electrons. The van der Waals surface area contributed by atoms with E-state index in [1.54, 1.807) is 12.1 Å². The average molecular weight is 491 g/mol. The van der Waals surface area contributed by atoms with Gasteiger partial charge in [0, 0.05) is 12.6 Å². The van der Waals surface area contributed by atoms with Crippen molar-refractivity contribution in [3.8, 4) is 5.75 Å². The zero-order valence-electron chi connectivity index (χ0n) is 17.1. The first-order valence-corrected chi connectivity index (χ1v) is 11.6. The van der Waals surface area contributed by atoms with Crippen molar-refractivity contribution in [2.75, 3.05) is 5.32 Å². The van der Waals surface area contributed by atoms with Gasteiger partial charge in [-0.1, -0.05) is 23.9 Å². The molecule has 0 unspecified atom stereocenters. The summed E-state index contributed by atoms with van der Waals surface area (Å²) in [6.07, 6.45) is 0.995. The van der Waals surface area contributed by atoms with Crippen LogP contribution < -0.4 is 14.8 Å². The maximum Gasteiger partial charge on any atom is 0.339 e. The Hall–Kier alpha value is -3.71. The van der Waals surface area contributed by atoms with Crippen molar-refractivity contribution in [2.24, 2.45) is 10.2 Å². The lowest BCUT2D eigenvalue weighted by molar-refractivity contribution is -0.138. The molecule has 0 aliphatic carbocycles. The van der Waals surface area contributed by atoms with Gasteiger partial charge in [0.25, 0.3) is 0 Å². The van der Waals surface area contributed by atoms with Crippen molar-refractivity contribution >= 4 is 56.7 Å². The van der Waals surface area contributed by atoms with Crippen molar-refractivity contribution in [1.29, 1.82) is 0 Å². The number of amides is 2. The number of nitrogens with zero attached hydrogens (tertiary/aromatic N) is 2. The van der Waals surface area contributed by atoms with Gasteiger partial charge in [-0.3, -0.25) is 14.4 Å². The maximum absolute atomic E-state index is 12.5. The van der Waals surface area contributed by atoms with Crippen LogP contribution in [0.25, 0.3) is 0 Å². The summed E-state index contributed by atoms with van der Waals surface area (Å²) in [6.45, 7) is 1.34. The van der Waals surface area contributed by atoms with Crippen LogP contribution in [0.4, 0.5) is 5.69 Å². The van der Waals surface area contributed by atoms with E-state index in [0.29, 0.717) is 11.3 Å². The van der Waals surface area contributed by atoms with Crippen LogP contribution in [0.15, 0.2) is 63.6 Å². The summed E-state index contributed by atoms with van der Waals surface area (Å²) in [5.41, 5.74) is 0.927.